The highest BCUT2D eigenvalue weighted by molar-refractivity contribution is 6.31. The average Bonchev–Trinajstić information content (AvgIpc) is 2.24. The number of hydrogen-bond acceptors (Lipinski definition) is 2. The molecule has 1 unspecified atom stereocenters. The molecule has 15 heavy (non-hydrogen) atoms. The standard InChI is InChI=1S/C11H15ClFNO/c1-2-8(7-15)6-14-9-3-4-11(13)10(12)5-9/h3-5,8,14-15H,2,6-7H2,1H3. The van der Waals surface area contributed by atoms with Gasteiger partial charge < -0.3 is 10.4 Å². The van der Waals surface area contributed by atoms with E-state index in [0.717, 1.165) is 12.1 Å². The molecule has 1 aromatic carbocycles. The maximum Gasteiger partial charge on any atom is 0.141 e. The van der Waals surface area contributed by atoms with Gasteiger partial charge in [0.15, 0.2) is 0 Å². The summed E-state index contributed by atoms with van der Waals surface area (Å²) in [6.45, 7) is 2.83. The van der Waals surface area contributed by atoms with E-state index in [1.54, 1.807) is 12.1 Å². The molecule has 0 radical (unpaired) electrons. The van der Waals surface area contributed by atoms with Crippen LogP contribution in [-0.4, -0.2) is 18.3 Å². The van der Waals surface area contributed by atoms with Crippen molar-refractivity contribution < 1.29 is 9.50 Å². The second-order valence-electron chi connectivity index (χ2n) is 3.47. The number of aliphatic hydroxyl groups is 1. The molecular weight excluding hydrogens is 217 g/mol. The largest absolute Gasteiger partial charge is 0.396 e. The molecule has 0 aromatic heterocycles. The van der Waals surface area contributed by atoms with Crippen LogP contribution in [0.4, 0.5) is 10.1 Å². The van der Waals surface area contributed by atoms with Crippen molar-refractivity contribution in [3.8, 4) is 0 Å². The second kappa shape index (κ2) is 5.93. The van der Waals surface area contributed by atoms with Crippen LogP contribution in [-0.2, 0) is 0 Å². The Morgan fingerprint density at radius 2 is 2.27 bits per heavy atom. The molecule has 1 atom stereocenters. The zero-order valence-corrected chi connectivity index (χ0v) is 9.39. The Kier molecular flexibility index (Phi) is 4.85. The smallest absolute Gasteiger partial charge is 0.141 e. The van der Waals surface area contributed by atoms with Crippen LogP contribution in [0.3, 0.4) is 0 Å². The van der Waals surface area contributed by atoms with Crippen molar-refractivity contribution in [2.24, 2.45) is 5.92 Å². The van der Waals surface area contributed by atoms with Gasteiger partial charge in [0.2, 0.25) is 0 Å². The van der Waals surface area contributed by atoms with Gasteiger partial charge in [-0.15, -0.1) is 0 Å². The fourth-order valence-electron chi connectivity index (χ4n) is 1.21. The van der Waals surface area contributed by atoms with Crippen LogP contribution in [0.1, 0.15) is 13.3 Å². The summed E-state index contributed by atoms with van der Waals surface area (Å²) in [4.78, 5) is 0. The molecular formula is C11H15ClFNO. The van der Waals surface area contributed by atoms with Crippen LogP contribution in [0.5, 0.6) is 0 Å². The van der Waals surface area contributed by atoms with Crippen molar-refractivity contribution in [3.05, 3.63) is 29.0 Å². The van der Waals surface area contributed by atoms with Gasteiger partial charge in [0, 0.05) is 18.8 Å². The molecule has 0 spiro atoms. The monoisotopic (exact) mass is 231 g/mol. The molecule has 4 heteroatoms. The maximum atomic E-state index is 12.8. The molecule has 0 amide bonds. The van der Waals surface area contributed by atoms with Gasteiger partial charge in [-0.05, 0) is 30.5 Å². The summed E-state index contributed by atoms with van der Waals surface area (Å²) in [7, 11) is 0. The van der Waals surface area contributed by atoms with E-state index in [-0.39, 0.29) is 17.5 Å². The molecule has 2 N–H and O–H groups in total. The summed E-state index contributed by atoms with van der Waals surface area (Å²) in [5, 5.41) is 12.2. The van der Waals surface area contributed by atoms with Gasteiger partial charge in [0.1, 0.15) is 5.82 Å². The van der Waals surface area contributed by atoms with E-state index < -0.39 is 5.82 Å². The number of anilines is 1. The van der Waals surface area contributed by atoms with Crippen LogP contribution in [0.15, 0.2) is 18.2 Å². The van der Waals surface area contributed by atoms with E-state index in [1.807, 2.05) is 6.92 Å². The molecule has 0 aliphatic heterocycles. The number of halogens is 2. The molecule has 0 heterocycles. The van der Waals surface area contributed by atoms with Crippen molar-refractivity contribution in [3.63, 3.8) is 0 Å². The van der Waals surface area contributed by atoms with Gasteiger partial charge in [-0.2, -0.15) is 0 Å². The van der Waals surface area contributed by atoms with Gasteiger partial charge in [0.05, 0.1) is 5.02 Å². The molecule has 0 saturated carbocycles. The fourth-order valence-corrected chi connectivity index (χ4v) is 1.39. The van der Waals surface area contributed by atoms with E-state index in [0.29, 0.717) is 6.54 Å². The summed E-state index contributed by atoms with van der Waals surface area (Å²) in [6.07, 6.45) is 0.901. The first-order valence-electron chi connectivity index (χ1n) is 4.97. The normalized spacial score (nSPS) is 12.5. The van der Waals surface area contributed by atoms with Gasteiger partial charge in [-0.1, -0.05) is 18.5 Å². The van der Waals surface area contributed by atoms with Gasteiger partial charge in [-0.25, -0.2) is 4.39 Å². The minimum absolute atomic E-state index is 0.108. The lowest BCUT2D eigenvalue weighted by atomic mass is 10.1. The van der Waals surface area contributed by atoms with Gasteiger partial charge >= 0.3 is 0 Å². The first-order valence-corrected chi connectivity index (χ1v) is 5.35. The zero-order valence-electron chi connectivity index (χ0n) is 8.63. The molecule has 1 aromatic rings. The lowest BCUT2D eigenvalue weighted by Gasteiger charge is -2.13. The Morgan fingerprint density at radius 1 is 1.53 bits per heavy atom. The summed E-state index contributed by atoms with van der Waals surface area (Å²) in [5.41, 5.74) is 0.772. The Hall–Kier alpha value is -0.800. The Morgan fingerprint density at radius 3 is 2.80 bits per heavy atom. The topological polar surface area (TPSA) is 32.3 Å². The summed E-state index contributed by atoms with van der Waals surface area (Å²) >= 11 is 5.63. The lowest BCUT2D eigenvalue weighted by molar-refractivity contribution is 0.230. The van der Waals surface area contributed by atoms with E-state index in [4.69, 9.17) is 16.7 Å². The van der Waals surface area contributed by atoms with Crippen LogP contribution < -0.4 is 5.32 Å². The predicted octanol–water partition coefficient (Wildman–Crippen LogP) is 2.91. The van der Waals surface area contributed by atoms with Gasteiger partial charge in [0.25, 0.3) is 0 Å². The Labute approximate surface area is 94.1 Å². The van der Waals surface area contributed by atoms with Crippen molar-refractivity contribution in [2.45, 2.75) is 13.3 Å². The number of rotatable bonds is 5. The first-order chi connectivity index (χ1) is 7.17. The zero-order chi connectivity index (χ0) is 11.3. The highest BCUT2D eigenvalue weighted by Gasteiger charge is 2.05. The third kappa shape index (κ3) is 3.68. The maximum absolute atomic E-state index is 12.8. The van der Waals surface area contributed by atoms with Crippen molar-refractivity contribution in [2.75, 3.05) is 18.5 Å². The minimum atomic E-state index is -0.420. The summed E-state index contributed by atoms with van der Waals surface area (Å²) < 4.78 is 12.8. The van der Waals surface area contributed by atoms with E-state index in [9.17, 15) is 4.39 Å². The number of benzene rings is 1. The molecule has 0 fully saturated rings. The minimum Gasteiger partial charge on any atom is -0.396 e. The van der Waals surface area contributed by atoms with E-state index in [1.165, 1.54) is 6.07 Å². The van der Waals surface area contributed by atoms with Crippen LogP contribution in [0.2, 0.25) is 5.02 Å². The number of aliphatic hydroxyl groups excluding tert-OH is 1. The average molecular weight is 232 g/mol. The molecule has 0 aliphatic carbocycles. The molecule has 0 bridgehead atoms. The number of hydrogen-bond donors (Lipinski definition) is 2. The third-order valence-corrected chi connectivity index (χ3v) is 2.64. The van der Waals surface area contributed by atoms with E-state index in [2.05, 4.69) is 5.32 Å². The van der Waals surface area contributed by atoms with Crippen LogP contribution in [0.25, 0.3) is 0 Å². The third-order valence-electron chi connectivity index (χ3n) is 2.35. The first kappa shape index (κ1) is 12.3. The van der Waals surface area contributed by atoms with Crippen LogP contribution >= 0.6 is 11.6 Å². The van der Waals surface area contributed by atoms with Crippen LogP contribution in [0, 0.1) is 11.7 Å². The van der Waals surface area contributed by atoms with Gasteiger partial charge in [-0.3, -0.25) is 0 Å². The number of nitrogens with one attached hydrogen (secondary N) is 1. The van der Waals surface area contributed by atoms with Crippen molar-refractivity contribution in [1.82, 2.24) is 0 Å². The Bertz CT molecular complexity index is 315. The summed E-state index contributed by atoms with van der Waals surface area (Å²) in [6, 6.07) is 4.50. The molecule has 2 nitrogen and oxygen atoms in total. The SMILES string of the molecule is CCC(CO)CNc1ccc(F)c(Cl)c1. The molecule has 84 valence electrons. The van der Waals surface area contributed by atoms with Crippen molar-refractivity contribution in [1.29, 1.82) is 0 Å². The molecule has 0 aliphatic rings. The quantitative estimate of drug-likeness (QED) is 0.817. The Balaban J connectivity index is 2.54. The van der Waals surface area contributed by atoms with Crippen molar-refractivity contribution >= 4 is 17.3 Å². The highest BCUT2D eigenvalue weighted by atomic mass is 35.5. The lowest BCUT2D eigenvalue weighted by Crippen LogP contribution is -2.16. The molecule has 1 rings (SSSR count). The highest BCUT2D eigenvalue weighted by Crippen LogP contribution is 2.19. The fraction of sp³-hybridized carbons (Fsp3) is 0.455. The summed E-state index contributed by atoms with van der Waals surface area (Å²) in [5.74, 6) is -0.203. The second-order valence-corrected chi connectivity index (χ2v) is 3.87. The van der Waals surface area contributed by atoms with E-state index >= 15 is 0 Å². The molecule has 0 saturated heterocycles. The predicted molar refractivity (Wildman–Crippen MR) is 60.8 cm³/mol.